The van der Waals surface area contributed by atoms with E-state index in [-0.39, 0.29) is 49.9 Å². The minimum Gasteiger partial charge on any atom is -0.352 e. The molecule has 0 radical (unpaired) electrons. The molecule has 0 unspecified atom stereocenters. The lowest BCUT2D eigenvalue weighted by Gasteiger charge is -2.27. The minimum absolute atomic E-state index is 0.0117. The molecule has 0 bridgehead atoms. The van der Waals surface area contributed by atoms with Crippen LogP contribution in [-0.4, -0.2) is 130 Å². The van der Waals surface area contributed by atoms with Gasteiger partial charge in [-0.05, 0) is 109 Å². The number of fused-ring (bicyclic) bond motifs is 6. The van der Waals surface area contributed by atoms with Gasteiger partial charge in [0.15, 0.2) is 5.71 Å². The number of anilines is 1. The summed E-state index contributed by atoms with van der Waals surface area (Å²) in [5.41, 5.74) is 2.26. The van der Waals surface area contributed by atoms with Crippen molar-refractivity contribution < 1.29 is 82.3 Å². The molecule has 2 aliphatic heterocycles. The van der Waals surface area contributed by atoms with Gasteiger partial charge in [-0.2, -0.15) is 38.2 Å². The molecule has 25 nitrogen and oxygen atoms in total. The highest BCUT2D eigenvalue weighted by molar-refractivity contribution is 7.91. The van der Waals surface area contributed by atoms with Gasteiger partial charge in [-0.25, -0.2) is 13.6 Å². The summed E-state index contributed by atoms with van der Waals surface area (Å²) in [5, 5.41) is 17.1. The van der Waals surface area contributed by atoms with Crippen LogP contribution in [0.2, 0.25) is 0 Å². The third kappa shape index (κ3) is 13.9. The molecule has 4 aromatic carbocycles. The molecule has 1 amide bonds. The Morgan fingerprint density at radius 3 is 2.02 bits per heavy atom. The Morgan fingerprint density at radius 2 is 1.44 bits per heavy atom. The maximum Gasteiger partial charge on any atom is 0.425 e. The Hall–Kier alpha value is -6.56. The quantitative estimate of drug-likeness (QED) is 0.0257. The molecule has 438 valence electrons. The highest BCUT2D eigenvalue weighted by Crippen LogP contribution is 2.52. The van der Waals surface area contributed by atoms with Crippen molar-refractivity contribution >= 4 is 123 Å². The SMILES string of the molecule is CCC[N+]1=C(/C=C/C(=C/C=C2/N(CCS(=O)(=O)O)c3ccc4c(S(=O)(=O)O)cc(S(=O)(=O)O)cc4c3C2(C)C)c2ccc(C(=O)NCCCCc3nnc(S(N)(=O)=O)s3)cn2)C(C)(C)c2c1ccc1ccc(S(=O)(=O)O)cc21.O=S(=O)=O. The van der Waals surface area contributed by atoms with Crippen molar-refractivity contribution in [3.05, 3.63) is 130 Å². The first-order chi connectivity index (χ1) is 37.9. The zero-order chi connectivity index (χ0) is 60.7. The number of rotatable bonds is 19. The molecule has 0 spiro atoms. The molecule has 82 heavy (non-hydrogen) atoms. The number of carbonyl (C=O) groups excluding carboxylic acids is 1. The van der Waals surface area contributed by atoms with Gasteiger partial charge in [-0.3, -0.25) is 28.0 Å². The first kappa shape index (κ1) is 63.0. The van der Waals surface area contributed by atoms with Crippen molar-refractivity contribution in [3.8, 4) is 0 Å². The van der Waals surface area contributed by atoms with Crippen molar-refractivity contribution in [2.45, 2.75) is 90.2 Å². The number of hydrogen-bond acceptors (Lipinski definition) is 19. The van der Waals surface area contributed by atoms with Crippen LogP contribution in [0, 0.1) is 0 Å². The number of amides is 1. The van der Waals surface area contributed by atoms with Crippen molar-refractivity contribution in [2.75, 3.05) is 30.3 Å². The highest BCUT2D eigenvalue weighted by Gasteiger charge is 2.46. The van der Waals surface area contributed by atoms with Crippen molar-refractivity contribution in [2.24, 2.45) is 5.14 Å². The number of nitrogens with zero attached hydrogens (tertiary/aromatic N) is 5. The van der Waals surface area contributed by atoms with E-state index in [4.69, 9.17) is 22.7 Å². The van der Waals surface area contributed by atoms with Crippen LogP contribution in [-0.2, 0) is 78.4 Å². The Kier molecular flexibility index (Phi) is 18.1. The third-order valence-electron chi connectivity index (χ3n) is 13.6. The van der Waals surface area contributed by atoms with Gasteiger partial charge in [0, 0.05) is 77.6 Å². The molecule has 8 rings (SSSR count). The number of allylic oxidation sites excluding steroid dienone is 6. The van der Waals surface area contributed by atoms with E-state index >= 15 is 0 Å². The molecular weight excluding hydrogens is 1210 g/mol. The first-order valence-corrected chi connectivity index (χ1v) is 33.7. The van der Waals surface area contributed by atoms with Crippen molar-refractivity contribution in [1.82, 2.24) is 20.5 Å². The summed E-state index contributed by atoms with van der Waals surface area (Å²) >= 11 is 0.870. The second-order valence-corrected chi connectivity index (χ2v) is 28.8. The number of nitrogens with two attached hydrogens (primary N) is 1. The molecule has 0 aliphatic carbocycles. The molecule has 4 heterocycles. The predicted octanol–water partition coefficient (Wildman–Crippen LogP) is 5.37. The molecular formula is C50H54N7O18S7+. The molecule has 0 atom stereocenters. The summed E-state index contributed by atoms with van der Waals surface area (Å²) in [6.07, 6.45) is 10.5. The second-order valence-electron chi connectivity index (χ2n) is 19.8. The van der Waals surface area contributed by atoms with Crippen LogP contribution in [0.4, 0.5) is 11.4 Å². The lowest BCUT2D eigenvalue weighted by Crippen LogP contribution is -2.30. The zero-order valence-corrected chi connectivity index (χ0v) is 49.8. The summed E-state index contributed by atoms with van der Waals surface area (Å²) in [6, 6.07) is 15.8. The normalized spacial score (nSPS) is 16.0. The second kappa shape index (κ2) is 23.6. The van der Waals surface area contributed by atoms with Gasteiger partial charge in [-0.15, -0.1) is 22.8 Å². The number of aromatic nitrogens is 3. The number of sulfonamides is 1. The molecule has 0 saturated carbocycles. The number of hydrogen-bond donors (Lipinski definition) is 6. The summed E-state index contributed by atoms with van der Waals surface area (Å²) in [4.78, 5) is 17.7. The van der Waals surface area contributed by atoms with E-state index in [1.807, 2.05) is 39.0 Å². The van der Waals surface area contributed by atoms with Crippen LogP contribution in [0.5, 0.6) is 0 Å². The predicted molar refractivity (Wildman–Crippen MR) is 303 cm³/mol. The number of aryl methyl sites for hydroxylation is 1. The van der Waals surface area contributed by atoms with Gasteiger partial charge in [0.1, 0.15) is 16.4 Å². The third-order valence-corrected chi connectivity index (χ3v) is 19.1. The average Bonchev–Trinajstić information content (AvgIpc) is 3.59. The fraction of sp³-hybridized carbons (Fsp3) is 0.300. The van der Waals surface area contributed by atoms with Crippen LogP contribution in [0.3, 0.4) is 0 Å². The maximum absolute atomic E-state index is 13.4. The van der Waals surface area contributed by atoms with Gasteiger partial charge in [-0.1, -0.05) is 50.3 Å². The van der Waals surface area contributed by atoms with Crippen LogP contribution in [0.15, 0.2) is 122 Å². The summed E-state index contributed by atoms with van der Waals surface area (Å²) in [7, 11) is -26.4. The van der Waals surface area contributed by atoms with E-state index in [0.717, 1.165) is 39.8 Å². The van der Waals surface area contributed by atoms with E-state index in [1.165, 1.54) is 30.5 Å². The van der Waals surface area contributed by atoms with Gasteiger partial charge in [0.25, 0.3) is 56.4 Å². The van der Waals surface area contributed by atoms with Crippen LogP contribution in [0.25, 0.3) is 27.1 Å². The first-order valence-electron chi connectivity index (χ1n) is 24.4. The van der Waals surface area contributed by atoms with Crippen molar-refractivity contribution in [3.63, 3.8) is 0 Å². The Bertz CT molecular complexity index is 4440. The lowest BCUT2D eigenvalue weighted by atomic mass is 9.79. The molecule has 0 fully saturated rings. The van der Waals surface area contributed by atoms with E-state index in [1.54, 1.807) is 55.2 Å². The molecule has 2 aliphatic rings. The largest absolute Gasteiger partial charge is 0.425 e. The molecule has 32 heteroatoms. The number of unbranched alkanes of at least 4 members (excludes halogenated alkanes) is 1. The van der Waals surface area contributed by atoms with E-state index in [9.17, 15) is 65.1 Å². The van der Waals surface area contributed by atoms with Gasteiger partial charge < -0.3 is 10.2 Å². The fourth-order valence-electron chi connectivity index (χ4n) is 10.1. The Labute approximate surface area is 478 Å². The van der Waals surface area contributed by atoms with Gasteiger partial charge in [0.05, 0.1) is 32.2 Å². The number of pyridine rings is 1. The van der Waals surface area contributed by atoms with Crippen LogP contribution < -0.4 is 15.4 Å². The smallest absolute Gasteiger partial charge is 0.352 e. The number of benzene rings is 4. The minimum atomic E-state index is -5.10. The Balaban J connectivity index is 0.00000234. The number of carbonyl (C=O) groups is 1. The summed E-state index contributed by atoms with van der Waals surface area (Å²) < 4.78 is 191. The summed E-state index contributed by atoms with van der Waals surface area (Å²) in [5.74, 6) is -1.22. The zero-order valence-electron chi connectivity index (χ0n) is 44.1. The fourth-order valence-corrected chi connectivity index (χ4v) is 13.8. The topological polar surface area (TPSA) is 403 Å². The molecule has 0 saturated heterocycles. The summed E-state index contributed by atoms with van der Waals surface area (Å²) in [6.45, 7) is 9.82. The van der Waals surface area contributed by atoms with Crippen molar-refractivity contribution in [1.29, 1.82) is 0 Å². The van der Waals surface area contributed by atoms with E-state index < -0.39 is 93.4 Å². The molecule has 7 N–H and O–H groups in total. The van der Waals surface area contributed by atoms with Gasteiger partial charge in [0.2, 0.25) is 10.0 Å². The molecule has 2 aromatic heterocycles. The van der Waals surface area contributed by atoms with E-state index in [0.29, 0.717) is 65.7 Å². The monoisotopic (exact) mass is 1260 g/mol. The van der Waals surface area contributed by atoms with Gasteiger partial charge >= 0.3 is 10.6 Å². The van der Waals surface area contributed by atoms with Crippen LogP contribution in [0.1, 0.15) is 86.1 Å². The average molecular weight is 1270 g/mol. The standard InChI is InChI=1S/C50H53N7O15S6.O3S/c1-6-23-56-39-18-12-30-10-15-33(76(64,65)66)26-36(30)45(39)49(2,3)42(56)20-13-31(38-17-11-32(29-53-38)47(58)52-22-8-7-9-44-54-55-48(73-44)75(51,62)63)14-21-43-50(4,5)46-37-27-34(77(67,68)69)28-41(78(70,71)72)35(37)16-19-40(46)57(43)24-25-74(59,60)61;1-4(2)3/h10-21,26-29H,6-9,22-25H2,1-5H3,(H6-,51,52,58,59,60,61,62,63,64,65,66,67,68,69,70,71,72);/p+1. The highest BCUT2D eigenvalue weighted by atomic mass is 32.3. The lowest BCUT2D eigenvalue weighted by molar-refractivity contribution is -0.437. The number of nitrogens with one attached hydrogen (secondary N) is 1. The number of primary sulfonamides is 1. The Morgan fingerprint density at radius 1 is 0.780 bits per heavy atom. The maximum atomic E-state index is 13.4. The van der Waals surface area contributed by atoms with E-state index in [2.05, 4.69) is 20.1 Å². The van der Waals surface area contributed by atoms with Crippen LogP contribution >= 0.6 is 11.3 Å². The molecule has 6 aromatic rings.